The number of carbonyl (C=O) groups excluding carboxylic acids is 1. The molecule has 0 spiro atoms. The number of hydrogen-bond donors (Lipinski definition) is 2. The first-order valence-electron chi connectivity index (χ1n) is 6.41. The Morgan fingerprint density at radius 1 is 1.38 bits per heavy atom. The summed E-state index contributed by atoms with van der Waals surface area (Å²) in [6.45, 7) is -0.280. The molecule has 12 heteroatoms. The predicted molar refractivity (Wildman–Crippen MR) is 87.7 cm³/mol. The van der Waals surface area contributed by atoms with Gasteiger partial charge in [-0.25, -0.2) is 4.79 Å². The highest BCUT2D eigenvalue weighted by atomic mass is 35.5. The first kappa shape index (κ1) is 19.5. The third kappa shape index (κ3) is 7.61. The number of benzene rings is 1. The fourth-order valence-electron chi connectivity index (χ4n) is 1.31. The topological polar surface area (TPSA) is 141 Å². The van der Waals surface area contributed by atoms with Gasteiger partial charge in [-0.15, -0.1) is 15.2 Å². The molecule has 0 aliphatic heterocycles. The Balaban J connectivity index is 2.39. The van der Waals surface area contributed by atoms with Gasteiger partial charge in [0.25, 0.3) is 5.09 Å². The number of amides is 1. The summed E-state index contributed by atoms with van der Waals surface area (Å²) in [5, 5.41) is 19.0. The molecule has 0 fully saturated rings. The first-order chi connectivity index (χ1) is 11.4. The van der Waals surface area contributed by atoms with E-state index < -0.39 is 11.2 Å². The number of guanidine groups is 1. The van der Waals surface area contributed by atoms with Crippen LogP contribution in [0.2, 0.25) is 10.0 Å². The van der Waals surface area contributed by atoms with Crippen molar-refractivity contribution in [2.75, 3.05) is 13.2 Å². The molecule has 0 bridgehead atoms. The van der Waals surface area contributed by atoms with Gasteiger partial charge >= 0.3 is 6.09 Å². The monoisotopic (exact) mass is 377 g/mol. The van der Waals surface area contributed by atoms with Crippen LogP contribution in [0.15, 0.2) is 28.4 Å². The number of alkyl carbamates (subject to hydrolysis) is 1. The molecular weight excluding hydrogens is 365 g/mol. The van der Waals surface area contributed by atoms with Crippen molar-refractivity contribution in [2.24, 2.45) is 15.9 Å². The van der Waals surface area contributed by atoms with Gasteiger partial charge < -0.3 is 15.3 Å². The van der Waals surface area contributed by atoms with Crippen LogP contribution in [0.25, 0.3) is 0 Å². The number of halogens is 2. The van der Waals surface area contributed by atoms with Crippen LogP contribution in [-0.2, 0) is 9.57 Å². The summed E-state index contributed by atoms with van der Waals surface area (Å²) in [5.41, 5.74) is 5.88. The second-order valence-electron chi connectivity index (χ2n) is 4.04. The van der Waals surface area contributed by atoms with Crippen LogP contribution in [0.1, 0.15) is 12.0 Å². The maximum atomic E-state index is 11.3. The van der Waals surface area contributed by atoms with E-state index in [0.717, 1.165) is 0 Å². The van der Waals surface area contributed by atoms with Crippen molar-refractivity contribution in [3.05, 3.63) is 43.9 Å². The van der Waals surface area contributed by atoms with Gasteiger partial charge in [0, 0.05) is 12.0 Å². The van der Waals surface area contributed by atoms with E-state index in [0.29, 0.717) is 15.6 Å². The van der Waals surface area contributed by atoms with Crippen molar-refractivity contribution in [3.8, 4) is 0 Å². The number of nitrogens with zero attached hydrogens (tertiary/aromatic N) is 3. The molecule has 0 saturated carbocycles. The van der Waals surface area contributed by atoms with E-state index in [4.69, 9.17) is 28.9 Å². The summed E-state index contributed by atoms with van der Waals surface area (Å²) in [5.74, 6) is -0.319. The molecule has 1 rings (SSSR count). The van der Waals surface area contributed by atoms with Gasteiger partial charge in [-0.05, 0) is 12.1 Å². The van der Waals surface area contributed by atoms with Crippen LogP contribution in [0, 0.1) is 10.1 Å². The number of rotatable bonds is 7. The van der Waals surface area contributed by atoms with E-state index in [-0.39, 0.29) is 25.6 Å². The average molecular weight is 378 g/mol. The predicted octanol–water partition coefficient (Wildman–Crippen LogP) is 1.97. The normalized spacial score (nSPS) is 11.3. The first-order valence-corrected chi connectivity index (χ1v) is 7.17. The molecule has 0 saturated heterocycles. The molecule has 130 valence electrons. The lowest BCUT2D eigenvalue weighted by atomic mass is 10.2. The molecule has 3 N–H and O–H groups in total. The second-order valence-corrected chi connectivity index (χ2v) is 4.85. The van der Waals surface area contributed by atoms with Crippen LogP contribution in [0.4, 0.5) is 4.79 Å². The molecular formula is C12H13Cl2N5O5. The zero-order valence-corrected chi connectivity index (χ0v) is 13.7. The van der Waals surface area contributed by atoms with E-state index in [2.05, 4.69) is 25.1 Å². The van der Waals surface area contributed by atoms with Gasteiger partial charge in [0.15, 0.2) is 0 Å². The van der Waals surface area contributed by atoms with Gasteiger partial charge in [-0.1, -0.05) is 29.3 Å². The lowest BCUT2D eigenvalue weighted by Crippen LogP contribution is -2.37. The Labute approximate surface area is 146 Å². The molecule has 0 aliphatic carbocycles. The van der Waals surface area contributed by atoms with Gasteiger partial charge in [0.05, 0.1) is 29.5 Å². The summed E-state index contributed by atoms with van der Waals surface area (Å²) in [6, 6.07) is 4.92. The maximum absolute atomic E-state index is 11.3. The Kier molecular flexibility index (Phi) is 8.30. The van der Waals surface area contributed by atoms with Crippen molar-refractivity contribution < 1.29 is 19.5 Å². The lowest BCUT2D eigenvalue weighted by Gasteiger charge is -2.05. The summed E-state index contributed by atoms with van der Waals surface area (Å²) in [4.78, 5) is 25.3. The van der Waals surface area contributed by atoms with E-state index in [1.165, 1.54) is 6.21 Å². The van der Waals surface area contributed by atoms with Crippen molar-refractivity contribution in [3.63, 3.8) is 0 Å². The quantitative estimate of drug-likeness (QED) is 0.244. The average Bonchev–Trinajstić information content (AvgIpc) is 2.49. The van der Waals surface area contributed by atoms with Gasteiger partial charge in [-0.3, -0.25) is 5.32 Å². The minimum atomic E-state index is -0.937. The third-order valence-corrected chi connectivity index (χ3v) is 2.96. The zero-order chi connectivity index (χ0) is 17.9. The minimum Gasteiger partial charge on any atom is -0.449 e. The summed E-state index contributed by atoms with van der Waals surface area (Å²) >= 11 is 11.9. The summed E-state index contributed by atoms with van der Waals surface area (Å²) < 4.78 is 4.69. The Bertz CT molecular complexity index is 632. The van der Waals surface area contributed by atoms with Crippen LogP contribution in [0.5, 0.6) is 0 Å². The Morgan fingerprint density at radius 3 is 2.67 bits per heavy atom. The molecule has 1 aromatic carbocycles. The van der Waals surface area contributed by atoms with Gasteiger partial charge in [0.2, 0.25) is 5.96 Å². The van der Waals surface area contributed by atoms with E-state index in [1.54, 1.807) is 18.2 Å². The largest absolute Gasteiger partial charge is 0.449 e. The molecule has 24 heavy (non-hydrogen) atoms. The molecule has 0 heterocycles. The number of hydrogen-bond acceptors (Lipinski definition) is 7. The lowest BCUT2D eigenvalue weighted by molar-refractivity contribution is -0.757. The Hall–Kier alpha value is -2.59. The molecule has 0 atom stereocenters. The second kappa shape index (κ2) is 10.2. The number of nitrogens with one attached hydrogen (secondary N) is 1. The van der Waals surface area contributed by atoms with E-state index in [1.807, 2.05) is 0 Å². The molecule has 0 aromatic heterocycles. The van der Waals surface area contributed by atoms with E-state index >= 15 is 0 Å². The molecule has 1 aromatic rings. The fourth-order valence-corrected chi connectivity index (χ4v) is 1.81. The third-order valence-electron chi connectivity index (χ3n) is 2.30. The van der Waals surface area contributed by atoms with Crippen LogP contribution >= 0.6 is 23.2 Å². The highest BCUT2D eigenvalue weighted by Gasteiger charge is 2.05. The minimum absolute atomic E-state index is 0.0918. The van der Waals surface area contributed by atoms with Crippen molar-refractivity contribution in [2.45, 2.75) is 6.42 Å². The van der Waals surface area contributed by atoms with Crippen molar-refractivity contribution in [1.29, 1.82) is 0 Å². The zero-order valence-electron chi connectivity index (χ0n) is 12.1. The summed E-state index contributed by atoms with van der Waals surface area (Å²) in [6.07, 6.45) is 0.539. The standard InChI is InChI=1S/C12H13Cl2N5O5/c13-9-3-1-4-10(14)8(9)7-16-18-11(15)17-12(20)23-5-2-6-24-19(21)22/h1,3-4,7H,2,5-6H2,(H3,15,17,18,20)/b16-7+. The van der Waals surface area contributed by atoms with Gasteiger partial charge in [-0.2, -0.15) is 5.10 Å². The highest BCUT2D eigenvalue weighted by molar-refractivity contribution is 6.38. The number of ether oxygens (including phenoxy) is 1. The molecule has 1 amide bonds. The summed E-state index contributed by atoms with van der Waals surface area (Å²) in [7, 11) is 0. The van der Waals surface area contributed by atoms with Crippen molar-refractivity contribution >= 4 is 41.5 Å². The SMILES string of the molecule is N/C(=N\N=C\c1c(Cl)cccc1Cl)NC(=O)OCCCO[N+](=O)[O-]. The molecule has 0 aliphatic rings. The van der Waals surface area contributed by atoms with Gasteiger partial charge in [0.1, 0.15) is 0 Å². The number of carbonyl (C=O) groups is 1. The molecule has 0 unspecified atom stereocenters. The highest BCUT2D eigenvalue weighted by Crippen LogP contribution is 2.22. The smallest absolute Gasteiger partial charge is 0.413 e. The van der Waals surface area contributed by atoms with Crippen molar-refractivity contribution in [1.82, 2.24) is 5.32 Å². The fraction of sp³-hybridized carbons (Fsp3) is 0.250. The molecule has 10 nitrogen and oxygen atoms in total. The van der Waals surface area contributed by atoms with Crippen LogP contribution in [0.3, 0.4) is 0 Å². The molecule has 0 radical (unpaired) electrons. The van der Waals surface area contributed by atoms with Crippen LogP contribution < -0.4 is 11.1 Å². The van der Waals surface area contributed by atoms with E-state index in [9.17, 15) is 14.9 Å². The number of nitrogens with two attached hydrogens (primary N) is 1. The Morgan fingerprint density at radius 2 is 2.04 bits per heavy atom. The maximum Gasteiger partial charge on any atom is 0.413 e. The van der Waals surface area contributed by atoms with Crippen LogP contribution in [-0.4, -0.2) is 36.6 Å².